The summed E-state index contributed by atoms with van der Waals surface area (Å²) in [7, 11) is 2.04. The second-order valence-electron chi connectivity index (χ2n) is 11.8. The van der Waals surface area contributed by atoms with Crippen LogP contribution in [0.15, 0.2) is 77.3 Å². The molecule has 0 saturated carbocycles. The van der Waals surface area contributed by atoms with Crippen LogP contribution in [0.1, 0.15) is 41.2 Å². The molecule has 45 heavy (non-hydrogen) atoms. The molecular weight excluding hydrogens is 570 g/mol. The molecule has 0 unspecified atom stereocenters. The minimum atomic E-state index is -0.517. The van der Waals surface area contributed by atoms with Crippen molar-refractivity contribution in [1.29, 1.82) is 0 Å². The number of anilines is 2. The van der Waals surface area contributed by atoms with E-state index >= 15 is 0 Å². The number of rotatable bonds is 9. The van der Waals surface area contributed by atoms with Crippen molar-refractivity contribution in [3.8, 4) is 16.9 Å². The molecule has 10 nitrogen and oxygen atoms in total. The van der Waals surface area contributed by atoms with Crippen LogP contribution in [0.2, 0.25) is 0 Å². The van der Waals surface area contributed by atoms with Gasteiger partial charge in [-0.3, -0.25) is 9.69 Å². The van der Waals surface area contributed by atoms with Crippen LogP contribution >= 0.6 is 0 Å². The van der Waals surface area contributed by atoms with Gasteiger partial charge in [-0.2, -0.15) is 0 Å². The molecule has 1 aromatic heterocycles. The zero-order valence-corrected chi connectivity index (χ0v) is 26.4. The average Bonchev–Trinajstić information content (AvgIpc) is 3.35. The van der Waals surface area contributed by atoms with E-state index < -0.39 is 12.1 Å². The van der Waals surface area contributed by atoms with Crippen LogP contribution in [0.25, 0.3) is 11.1 Å². The SMILES string of the molecule is Cc1noc(C)c1NC(=O)Nc1cccc2c1O[C@H](CN(C)Cc1ccc(-c3ccccc3)cc1)[C@@H](C)CN([C@@H](C)CO)C2=O. The Balaban J connectivity index is 1.38. The third kappa shape index (κ3) is 7.35. The highest BCUT2D eigenvalue weighted by Crippen LogP contribution is 2.35. The summed E-state index contributed by atoms with van der Waals surface area (Å²) in [5, 5.41) is 19.5. The van der Waals surface area contributed by atoms with E-state index in [1.165, 1.54) is 11.1 Å². The van der Waals surface area contributed by atoms with Gasteiger partial charge in [-0.05, 0) is 56.6 Å². The van der Waals surface area contributed by atoms with E-state index in [9.17, 15) is 14.7 Å². The van der Waals surface area contributed by atoms with Gasteiger partial charge in [-0.1, -0.05) is 72.7 Å². The molecule has 3 atom stereocenters. The molecule has 0 spiro atoms. The van der Waals surface area contributed by atoms with Crippen LogP contribution in [0, 0.1) is 19.8 Å². The van der Waals surface area contributed by atoms with Gasteiger partial charge in [-0.25, -0.2) is 4.79 Å². The number of para-hydroxylation sites is 1. The third-order valence-corrected chi connectivity index (χ3v) is 8.22. The maximum atomic E-state index is 13.8. The summed E-state index contributed by atoms with van der Waals surface area (Å²) in [6.45, 7) is 8.83. The predicted octanol–water partition coefficient (Wildman–Crippen LogP) is 5.95. The molecule has 0 bridgehead atoms. The average molecular weight is 612 g/mol. The van der Waals surface area contributed by atoms with Gasteiger partial charge in [0.1, 0.15) is 17.5 Å². The first-order valence-electron chi connectivity index (χ1n) is 15.2. The molecular formula is C35H41N5O5. The fourth-order valence-electron chi connectivity index (χ4n) is 5.60. The molecule has 2 heterocycles. The number of likely N-dealkylation sites (N-methyl/N-ethyl adjacent to an activating group) is 1. The Morgan fingerprint density at radius 1 is 1.04 bits per heavy atom. The van der Waals surface area contributed by atoms with Crippen molar-refractivity contribution >= 4 is 23.3 Å². The second kappa shape index (κ2) is 14.0. The Morgan fingerprint density at radius 3 is 2.42 bits per heavy atom. The van der Waals surface area contributed by atoms with Crippen molar-refractivity contribution in [3.05, 3.63) is 95.4 Å². The Bertz CT molecular complexity index is 1600. The number of carbonyl (C=O) groups is 2. The van der Waals surface area contributed by atoms with E-state index in [-0.39, 0.29) is 24.5 Å². The summed E-state index contributed by atoms with van der Waals surface area (Å²) < 4.78 is 11.8. The van der Waals surface area contributed by atoms with Gasteiger partial charge < -0.3 is 29.9 Å². The Kier molecular flexibility index (Phi) is 9.85. The van der Waals surface area contributed by atoms with E-state index in [1.54, 1.807) is 36.9 Å². The van der Waals surface area contributed by atoms with E-state index in [1.807, 2.05) is 39.1 Å². The van der Waals surface area contributed by atoms with Gasteiger partial charge in [0.05, 0.1) is 23.9 Å². The second-order valence-corrected chi connectivity index (χ2v) is 11.8. The number of aromatic nitrogens is 1. The number of aliphatic hydroxyl groups is 1. The Morgan fingerprint density at radius 2 is 1.76 bits per heavy atom. The highest BCUT2D eigenvalue weighted by atomic mass is 16.5. The molecule has 1 aliphatic rings. The van der Waals surface area contributed by atoms with Crippen LogP contribution in [0.5, 0.6) is 5.75 Å². The summed E-state index contributed by atoms with van der Waals surface area (Å²) in [5.74, 6) is 0.433. The minimum absolute atomic E-state index is 0.0804. The van der Waals surface area contributed by atoms with E-state index in [2.05, 4.69) is 57.1 Å². The molecule has 0 saturated heterocycles. The van der Waals surface area contributed by atoms with Crippen LogP contribution < -0.4 is 15.4 Å². The molecule has 10 heteroatoms. The van der Waals surface area contributed by atoms with Crippen LogP contribution in [0.4, 0.5) is 16.2 Å². The van der Waals surface area contributed by atoms with Gasteiger partial charge in [0.2, 0.25) is 0 Å². The quantitative estimate of drug-likeness (QED) is 0.214. The highest BCUT2D eigenvalue weighted by Gasteiger charge is 2.34. The summed E-state index contributed by atoms with van der Waals surface area (Å²) >= 11 is 0. The lowest BCUT2D eigenvalue weighted by Crippen LogP contribution is -2.49. The fraction of sp³-hybridized carbons (Fsp3) is 0.343. The number of ether oxygens (including phenoxy) is 1. The van der Waals surface area contributed by atoms with Crippen molar-refractivity contribution in [2.75, 3.05) is 37.4 Å². The number of hydrogen-bond acceptors (Lipinski definition) is 7. The Hall–Kier alpha value is -4.67. The van der Waals surface area contributed by atoms with Crippen LogP contribution in [-0.2, 0) is 6.54 Å². The Labute approximate surface area is 264 Å². The first-order chi connectivity index (χ1) is 21.6. The normalized spacial score (nSPS) is 17.2. The number of hydrogen-bond donors (Lipinski definition) is 3. The molecule has 4 aromatic rings. The largest absolute Gasteiger partial charge is 0.486 e. The molecule has 0 aliphatic carbocycles. The lowest BCUT2D eigenvalue weighted by molar-refractivity contribution is 0.0343. The number of aliphatic hydroxyl groups excluding tert-OH is 1. The first kappa shape index (κ1) is 31.7. The number of nitrogens with one attached hydrogen (secondary N) is 2. The number of aryl methyl sites for hydroxylation is 2. The minimum Gasteiger partial charge on any atom is -0.486 e. The van der Waals surface area contributed by atoms with Crippen molar-refractivity contribution in [1.82, 2.24) is 15.0 Å². The number of urea groups is 1. The molecule has 236 valence electrons. The number of carbonyl (C=O) groups excluding carboxylic acids is 2. The summed E-state index contributed by atoms with van der Waals surface area (Å²) in [5.41, 5.74) is 5.22. The summed E-state index contributed by atoms with van der Waals surface area (Å²) in [6, 6.07) is 23.0. The van der Waals surface area contributed by atoms with Crippen LogP contribution in [-0.4, -0.2) is 70.9 Å². The van der Waals surface area contributed by atoms with E-state index in [0.717, 1.165) is 5.56 Å². The van der Waals surface area contributed by atoms with Gasteiger partial charge in [0, 0.05) is 25.6 Å². The standard InChI is InChI=1S/C35H41N5O5/c1-22-18-40(23(2)21-41)34(42)29-12-9-13-30(36-35(43)37-32-24(3)38-45-25(32)4)33(29)44-31(22)20-39(5)19-26-14-16-28(17-15-26)27-10-7-6-8-11-27/h6-17,22-23,31,41H,18-21H2,1-5H3,(H2,36,37,43)/t22-,23-,31+/m0/s1. The monoisotopic (exact) mass is 611 g/mol. The van der Waals surface area contributed by atoms with Gasteiger partial charge in [-0.15, -0.1) is 0 Å². The number of benzene rings is 3. The molecule has 3 amide bonds. The molecule has 0 radical (unpaired) electrons. The van der Waals surface area contributed by atoms with Crippen molar-refractivity contribution in [3.63, 3.8) is 0 Å². The third-order valence-electron chi connectivity index (χ3n) is 8.22. The van der Waals surface area contributed by atoms with Gasteiger partial charge >= 0.3 is 6.03 Å². The number of nitrogens with zero attached hydrogens (tertiary/aromatic N) is 3. The lowest BCUT2D eigenvalue weighted by Gasteiger charge is -2.38. The molecule has 3 N–H and O–H groups in total. The van der Waals surface area contributed by atoms with Gasteiger partial charge in [0.25, 0.3) is 5.91 Å². The maximum absolute atomic E-state index is 13.8. The van der Waals surface area contributed by atoms with Gasteiger partial charge in [0.15, 0.2) is 11.5 Å². The molecule has 5 rings (SSSR count). The topological polar surface area (TPSA) is 120 Å². The summed E-state index contributed by atoms with van der Waals surface area (Å²) in [6.07, 6.45) is -0.326. The number of amides is 3. The zero-order chi connectivity index (χ0) is 32.1. The number of fused-ring (bicyclic) bond motifs is 1. The smallest absolute Gasteiger partial charge is 0.323 e. The van der Waals surface area contributed by atoms with Crippen LogP contribution in [0.3, 0.4) is 0 Å². The lowest BCUT2D eigenvalue weighted by atomic mass is 9.98. The molecule has 0 fully saturated rings. The van der Waals surface area contributed by atoms with Crippen molar-refractivity contribution in [2.45, 2.75) is 46.4 Å². The first-order valence-corrected chi connectivity index (χ1v) is 15.2. The zero-order valence-electron chi connectivity index (χ0n) is 26.4. The maximum Gasteiger partial charge on any atom is 0.323 e. The van der Waals surface area contributed by atoms with E-state index in [0.29, 0.717) is 53.8 Å². The van der Waals surface area contributed by atoms with E-state index in [4.69, 9.17) is 9.26 Å². The summed E-state index contributed by atoms with van der Waals surface area (Å²) in [4.78, 5) is 30.8. The fourth-order valence-corrected chi connectivity index (χ4v) is 5.60. The molecule has 3 aromatic carbocycles. The molecule has 1 aliphatic heterocycles. The predicted molar refractivity (Wildman–Crippen MR) is 174 cm³/mol. The van der Waals surface area contributed by atoms with Crippen molar-refractivity contribution in [2.24, 2.45) is 5.92 Å². The highest BCUT2D eigenvalue weighted by molar-refractivity contribution is 6.04. The van der Waals surface area contributed by atoms with Crippen molar-refractivity contribution < 1.29 is 24.0 Å².